The zero-order valence-corrected chi connectivity index (χ0v) is 23.7. The first kappa shape index (κ1) is 26.1. The maximum atomic E-state index is 12.6. The lowest BCUT2D eigenvalue weighted by Gasteiger charge is -2.59. The Morgan fingerprint density at radius 2 is 1.57 bits per heavy atom. The second-order valence-electron chi connectivity index (χ2n) is 14.5. The number of piperidine rings is 2. The normalized spacial score (nSPS) is 53.1. The number of carbonyl (C=O) groups is 2. The number of rotatable bonds is 2. The largest absolute Gasteiger partial charge is 0.463 e. The van der Waals surface area contributed by atoms with Gasteiger partial charge in [0, 0.05) is 38.9 Å². The summed E-state index contributed by atoms with van der Waals surface area (Å²) in [5.41, 5.74) is -0.663. The highest BCUT2D eigenvalue weighted by molar-refractivity contribution is 5.66. The average Bonchev–Trinajstić information content (AvgIpc) is 3.13. The zero-order chi connectivity index (χ0) is 26.3. The highest BCUT2D eigenvalue weighted by atomic mass is 16.5. The van der Waals surface area contributed by atoms with E-state index in [2.05, 4.69) is 25.7 Å². The molecule has 6 nitrogen and oxygen atoms in total. The van der Waals surface area contributed by atoms with Gasteiger partial charge in [-0.05, 0) is 105 Å². The van der Waals surface area contributed by atoms with Crippen molar-refractivity contribution in [2.75, 3.05) is 13.1 Å². The molecule has 2 saturated heterocycles. The van der Waals surface area contributed by atoms with E-state index in [0.717, 1.165) is 63.5 Å². The summed E-state index contributed by atoms with van der Waals surface area (Å²) in [7, 11) is 0. The van der Waals surface area contributed by atoms with E-state index in [-0.39, 0.29) is 41.4 Å². The van der Waals surface area contributed by atoms with Crippen LogP contribution in [0, 0.1) is 52.8 Å². The van der Waals surface area contributed by atoms with Gasteiger partial charge in [-0.1, -0.05) is 20.8 Å². The minimum Gasteiger partial charge on any atom is -0.463 e. The van der Waals surface area contributed by atoms with Gasteiger partial charge in [0.2, 0.25) is 0 Å². The van der Waals surface area contributed by atoms with Crippen molar-refractivity contribution in [1.82, 2.24) is 4.90 Å². The van der Waals surface area contributed by atoms with Gasteiger partial charge >= 0.3 is 11.9 Å². The smallest absolute Gasteiger partial charge is 0.302 e. The molecule has 0 aromatic rings. The fourth-order valence-corrected chi connectivity index (χ4v) is 11.2. The molecular formula is C31H49NO5. The van der Waals surface area contributed by atoms with E-state index < -0.39 is 5.60 Å². The van der Waals surface area contributed by atoms with Crippen molar-refractivity contribution >= 4 is 11.9 Å². The number of carbonyl (C=O) groups excluding carboxylic acids is 2. The predicted molar refractivity (Wildman–Crippen MR) is 140 cm³/mol. The number of hydrogen-bond donors (Lipinski definition) is 1. The molecule has 4 saturated carbocycles. The molecule has 0 amide bonds. The molecule has 6 heteroatoms. The number of esters is 2. The van der Waals surface area contributed by atoms with Crippen LogP contribution in [0.4, 0.5) is 0 Å². The molecule has 208 valence electrons. The SMILES string of the molecule is CC(=O)O[C@H]1CC[C@@]2(C)[C@H](C1)[C@@H](OC(C)=O)C[C@H]1[C@@H]2C[C@H]2[C@H]3CN4C[C@H](C)CC[C@H]4[C@H](C)[C@H]3CC[C@]21O. The number of ether oxygens (including phenoxy) is 2. The summed E-state index contributed by atoms with van der Waals surface area (Å²) in [5.74, 6) is 3.41. The molecule has 6 rings (SSSR count). The fourth-order valence-electron chi connectivity index (χ4n) is 11.2. The molecule has 13 atom stereocenters. The van der Waals surface area contributed by atoms with Crippen molar-refractivity contribution < 1.29 is 24.2 Å². The van der Waals surface area contributed by atoms with Crippen LogP contribution in [-0.2, 0) is 19.1 Å². The maximum absolute atomic E-state index is 12.6. The molecule has 6 aliphatic rings. The third-order valence-electron chi connectivity index (χ3n) is 12.7. The van der Waals surface area contributed by atoms with E-state index in [4.69, 9.17) is 9.47 Å². The first-order valence-corrected chi connectivity index (χ1v) is 15.3. The molecule has 0 aromatic heterocycles. The number of nitrogens with zero attached hydrogens (tertiary/aromatic N) is 1. The number of hydrogen-bond acceptors (Lipinski definition) is 6. The summed E-state index contributed by atoms with van der Waals surface area (Å²) in [6.45, 7) is 12.7. The minimum atomic E-state index is -0.654. The number of aliphatic hydroxyl groups is 1. The standard InChI is InChI=1S/C31H49NO5/c1-17-6-7-28-18(2)22-9-11-31(35)24(23(22)16-32(28)15-17)13-25-26(31)14-29(37-20(4)34)27-12-21(36-19(3)33)8-10-30(25,27)5/h17-18,21-29,35H,6-16H2,1-5H3/t17-,18-,21+,22-,23+,24+,25+,26+,27-,28+,29+,30-,31+/m1/s1. The van der Waals surface area contributed by atoms with Gasteiger partial charge in [0.1, 0.15) is 12.2 Å². The Bertz CT molecular complexity index is 921. The third-order valence-corrected chi connectivity index (χ3v) is 12.7. The number of fused-ring (bicyclic) bond motifs is 8. The van der Waals surface area contributed by atoms with Gasteiger partial charge in [-0.15, -0.1) is 0 Å². The molecular weight excluding hydrogens is 466 g/mol. The Labute approximate surface area is 223 Å². The molecule has 0 unspecified atom stereocenters. The minimum absolute atomic E-state index is 0.00922. The molecule has 0 radical (unpaired) electrons. The van der Waals surface area contributed by atoms with Crippen LogP contribution in [0.1, 0.15) is 92.4 Å². The van der Waals surface area contributed by atoms with Gasteiger partial charge in [-0.25, -0.2) is 0 Å². The van der Waals surface area contributed by atoms with Gasteiger partial charge in [0.15, 0.2) is 0 Å². The Kier molecular flexibility index (Phi) is 6.50. The molecule has 0 spiro atoms. The summed E-state index contributed by atoms with van der Waals surface area (Å²) in [6, 6.07) is 0.721. The van der Waals surface area contributed by atoms with Crippen molar-refractivity contribution in [3.63, 3.8) is 0 Å². The zero-order valence-electron chi connectivity index (χ0n) is 23.7. The summed E-state index contributed by atoms with van der Waals surface area (Å²) >= 11 is 0. The molecule has 2 aliphatic heterocycles. The van der Waals surface area contributed by atoms with Crippen LogP contribution in [0.2, 0.25) is 0 Å². The lowest BCUT2D eigenvalue weighted by Crippen LogP contribution is -2.62. The van der Waals surface area contributed by atoms with Gasteiger partial charge in [0.25, 0.3) is 0 Å². The van der Waals surface area contributed by atoms with Gasteiger partial charge in [-0.3, -0.25) is 14.5 Å². The third kappa shape index (κ3) is 4.10. The van der Waals surface area contributed by atoms with E-state index in [1.54, 1.807) is 0 Å². The van der Waals surface area contributed by atoms with Crippen molar-refractivity contribution in [1.29, 1.82) is 0 Å². The Balaban J connectivity index is 1.30. The van der Waals surface area contributed by atoms with Crippen LogP contribution >= 0.6 is 0 Å². The van der Waals surface area contributed by atoms with Crippen molar-refractivity contribution in [2.45, 2.75) is 116 Å². The Hall–Kier alpha value is -1.14. The molecule has 0 aromatic carbocycles. The van der Waals surface area contributed by atoms with Gasteiger partial charge < -0.3 is 14.6 Å². The van der Waals surface area contributed by atoms with Crippen molar-refractivity contribution in [3.8, 4) is 0 Å². The van der Waals surface area contributed by atoms with E-state index in [1.807, 2.05) is 0 Å². The molecule has 1 N–H and O–H groups in total. The summed E-state index contributed by atoms with van der Waals surface area (Å²) in [5, 5.41) is 12.6. The van der Waals surface area contributed by atoms with E-state index >= 15 is 0 Å². The average molecular weight is 516 g/mol. The summed E-state index contributed by atoms with van der Waals surface area (Å²) < 4.78 is 11.7. The molecule has 0 bridgehead atoms. The Morgan fingerprint density at radius 3 is 2.30 bits per heavy atom. The molecule has 37 heavy (non-hydrogen) atoms. The van der Waals surface area contributed by atoms with Crippen LogP contribution < -0.4 is 0 Å². The lowest BCUT2D eigenvalue weighted by atomic mass is 9.50. The molecule has 4 aliphatic carbocycles. The van der Waals surface area contributed by atoms with Crippen LogP contribution in [0.25, 0.3) is 0 Å². The maximum Gasteiger partial charge on any atom is 0.302 e. The molecule has 6 fully saturated rings. The quantitative estimate of drug-likeness (QED) is 0.532. The first-order chi connectivity index (χ1) is 17.5. The second-order valence-corrected chi connectivity index (χ2v) is 14.5. The van der Waals surface area contributed by atoms with Gasteiger partial charge in [0.05, 0.1) is 5.60 Å². The fraction of sp³-hybridized carbons (Fsp3) is 0.935. The van der Waals surface area contributed by atoms with Crippen LogP contribution in [0.15, 0.2) is 0 Å². The summed E-state index contributed by atoms with van der Waals surface area (Å²) in [4.78, 5) is 26.8. The highest BCUT2D eigenvalue weighted by Crippen LogP contribution is 2.68. The lowest BCUT2D eigenvalue weighted by molar-refractivity contribution is -0.195. The first-order valence-electron chi connectivity index (χ1n) is 15.3. The van der Waals surface area contributed by atoms with E-state index in [9.17, 15) is 14.7 Å². The van der Waals surface area contributed by atoms with E-state index in [1.165, 1.54) is 33.2 Å². The van der Waals surface area contributed by atoms with Crippen molar-refractivity contribution in [2.24, 2.45) is 52.8 Å². The second kappa shape index (κ2) is 9.21. The van der Waals surface area contributed by atoms with Crippen molar-refractivity contribution in [3.05, 3.63) is 0 Å². The van der Waals surface area contributed by atoms with Crippen LogP contribution in [0.5, 0.6) is 0 Å². The molecule has 2 heterocycles. The predicted octanol–water partition coefficient (Wildman–Crippen LogP) is 4.82. The summed E-state index contributed by atoms with van der Waals surface area (Å²) in [6.07, 6.45) is 8.85. The van der Waals surface area contributed by atoms with Gasteiger partial charge in [-0.2, -0.15) is 0 Å². The van der Waals surface area contributed by atoms with Crippen LogP contribution in [-0.4, -0.2) is 58.9 Å². The highest BCUT2D eigenvalue weighted by Gasteiger charge is 2.68. The Morgan fingerprint density at radius 1 is 0.811 bits per heavy atom. The topological polar surface area (TPSA) is 76.1 Å². The van der Waals surface area contributed by atoms with Crippen LogP contribution in [0.3, 0.4) is 0 Å². The monoisotopic (exact) mass is 515 g/mol. The van der Waals surface area contributed by atoms with E-state index in [0.29, 0.717) is 29.6 Å².